The van der Waals surface area contributed by atoms with Gasteiger partial charge in [-0.15, -0.1) is 24.0 Å². The second kappa shape index (κ2) is 10.9. The number of aromatic nitrogens is 2. The van der Waals surface area contributed by atoms with Crippen LogP contribution in [0, 0.1) is 12.7 Å². The normalized spacial score (nSPS) is 12.2. The molecule has 138 valence electrons. The van der Waals surface area contributed by atoms with Gasteiger partial charge in [-0.1, -0.05) is 11.2 Å². The lowest BCUT2D eigenvalue weighted by Crippen LogP contribution is -2.41. The molecule has 1 aromatic carbocycles. The van der Waals surface area contributed by atoms with Crippen LogP contribution in [0.4, 0.5) is 4.39 Å². The third-order valence-corrected chi connectivity index (χ3v) is 2.98. The third-order valence-electron chi connectivity index (χ3n) is 2.98. The van der Waals surface area contributed by atoms with Crippen molar-refractivity contribution in [3.05, 3.63) is 41.8 Å². The molecule has 0 spiro atoms. The standard InChI is InChI=1S/C16H22FN5O2.HI/c1-4-18-16(20-10-15-21-12(3)22-24-15)19-9-11(2)23-14-7-5-6-13(17)8-14;/h5-8,11H,4,9-10H2,1-3H3,(H2,18,19,20);1H. The van der Waals surface area contributed by atoms with E-state index >= 15 is 0 Å². The van der Waals surface area contributed by atoms with Crippen LogP contribution in [-0.2, 0) is 6.54 Å². The van der Waals surface area contributed by atoms with E-state index in [1.165, 1.54) is 12.1 Å². The summed E-state index contributed by atoms with van der Waals surface area (Å²) in [7, 11) is 0. The fraction of sp³-hybridized carbons (Fsp3) is 0.438. The van der Waals surface area contributed by atoms with Crippen molar-refractivity contribution in [3.8, 4) is 5.75 Å². The summed E-state index contributed by atoms with van der Waals surface area (Å²) in [6, 6.07) is 6.07. The molecule has 1 unspecified atom stereocenters. The minimum atomic E-state index is -0.322. The number of rotatable bonds is 7. The highest BCUT2D eigenvalue weighted by Gasteiger charge is 2.07. The quantitative estimate of drug-likeness (QED) is 0.373. The SMILES string of the molecule is CCNC(=NCc1nc(C)no1)NCC(C)Oc1cccc(F)c1.I. The second-order valence-corrected chi connectivity index (χ2v) is 5.20. The van der Waals surface area contributed by atoms with Crippen molar-refractivity contribution in [1.29, 1.82) is 0 Å². The molecule has 0 saturated heterocycles. The Kier molecular flexibility index (Phi) is 9.17. The Labute approximate surface area is 163 Å². The smallest absolute Gasteiger partial charge is 0.248 e. The summed E-state index contributed by atoms with van der Waals surface area (Å²) < 4.78 is 23.8. The van der Waals surface area contributed by atoms with E-state index in [2.05, 4.69) is 25.8 Å². The van der Waals surface area contributed by atoms with E-state index in [0.717, 1.165) is 0 Å². The maximum atomic E-state index is 13.2. The van der Waals surface area contributed by atoms with Gasteiger partial charge in [0.05, 0.1) is 6.54 Å². The molecule has 0 aliphatic carbocycles. The molecule has 0 radical (unpaired) electrons. The van der Waals surface area contributed by atoms with Crippen LogP contribution in [-0.4, -0.2) is 35.3 Å². The van der Waals surface area contributed by atoms with E-state index in [1.54, 1.807) is 19.1 Å². The molecule has 2 rings (SSSR count). The molecular formula is C16H23FIN5O2. The second-order valence-electron chi connectivity index (χ2n) is 5.20. The number of halogens is 2. The van der Waals surface area contributed by atoms with Gasteiger partial charge in [-0.2, -0.15) is 4.98 Å². The first-order valence-electron chi connectivity index (χ1n) is 7.80. The minimum absolute atomic E-state index is 0. The summed E-state index contributed by atoms with van der Waals surface area (Å²) >= 11 is 0. The number of benzene rings is 1. The topological polar surface area (TPSA) is 84.6 Å². The van der Waals surface area contributed by atoms with Crippen molar-refractivity contribution in [2.24, 2.45) is 4.99 Å². The molecule has 0 bridgehead atoms. The van der Waals surface area contributed by atoms with Crippen molar-refractivity contribution in [3.63, 3.8) is 0 Å². The number of nitrogens with zero attached hydrogens (tertiary/aromatic N) is 3. The first-order chi connectivity index (χ1) is 11.6. The molecule has 2 aromatic rings. The van der Waals surface area contributed by atoms with Crippen LogP contribution in [0.3, 0.4) is 0 Å². The van der Waals surface area contributed by atoms with E-state index < -0.39 is 0 Å². The number of hydrogen-bond acceptors (Lipinski definition) is 5. The molecule has 7 nitrogen and oxygen atoms in total. The number of ether oxygens (including phenoxy) is 1. The van der Waals surface area contributed by atoms with Crippen molar-refractivity contribution >= 4 is 29.9 Å². The molecule has 2 N–H and O–H groups in total. The molecule has 0 saturated carbocycles. The molecular weight excluding hydrogens is 440 g/mol. The predicted molar refractivity (Wildman–Crippen MR) is 104 cm³/mol. The van der Waals surface area contributed by atoms with Crippen molar-refractivity contribution in [2.75, 3.05) is 13.1 Å². The Balaban J connectivity index is 0.00000312. The van der Waals surface area contributed by atoms with Gasteiger partial charge in [0.1, 0.15) is 24.2 Å². The van der Waals surface area contributed by atoms with E-state index in [0.29, 0.717) is 36.5 Å². The lowest BCUT2D eigenvalue weighted by atomic mass is 10.3. The molecule has 1 aromatic heterocycles. The molecule has 9 heteroatoms. The van der Waals surface area contributed by atoms with Gasteiger partial charge in [-0.3, -0.25) is 0 Å². The Morgan fingerprint density at radius 2 is 2.20 bits per heavy atom. The van der Waals surface area contributed by atoms with Crippen LogP contribution in [0.25, 0.3) is 0 Å². The zero-order valence-electron chi connectivity index (χ0n) is 14.5. The molecule has 25 heavy (non-hydrogen) atoms. The van der Waals surface area contributed by atoms with E-state index in [9.17, 15) is 4.39 Å². The third kappa shape index (κ3) is 7.67. The van der Waals surface area contributed by atoms with Gasteiger partial charge in [0.15, 0.2) is 11.8 Å². The van der Waals surface area contributed by atoms with Crippen LogP contribution < -0.4 is 15.4 Å². The summed E-state index contributed by atoms with van der Waals surface area (Å²) in [4.78, 5) is 8.47. The van der Waals surface area contributed by atoms with Gasteiger partial charge in [0.25, 0.3) is 0 Å². The van der Waals surface area contributed by atoms with Gasteiger partial charge in [0.2, 0.25) is 5.89 Å². The maximum absolute atomic E-state index is 13.2. The first kappa shape index (κ1) is 21.1. The fourth-order valence-electron chi connectivity index (χ4n) is 1.95. The van der Waals surface area contributed by atoms with Gasteiger partial charge in [0, 0.05) is 12.6 Å². The highest BCUT2D eigenvalue weighted by Crippen LogP contribution is 2.13. The summed E-state index contributed by atoms with van der Waals surface area (Å²) in [6.07, 6.45) is -0.165. The van der Waals surface area contributed by atoms with E-state index in [4.69, 9.17) is 9.26 Å². The van der Waals surface area contributed by atoms with E-state index in [-0.39, 0.29) is 42.4 Å². The summed E-state index contributed by atoms with van der Waals surface area (Å²) in [5, 5.41) is 10.0. The average Bonchev–Trinajstić information content (AvgIpc) is 2.95. The lowest BCUT2D eigenvalue weighted by molar-refractivity contribution is 0.223. The molecule has 1 atom stereocenters. The van der Waals surface area contributed by atoms with Gasteiger partial charge < -0.3 is 19.9 Å². The van der Waals surface area contributed by atoms with Crippen LogP contribution in [0.15, 0.2) is 33.8 Å². The Bertz CT molecular complexity index is 680. The largest absolute Gasteiger partial charge is 0.489 e. The maximum Gasteiger partial charge on any atom is 0.248 e. The molecule has 0 aliphatic heterocycles. The van der Waals surface area contributed by atoms with Crippen LogP contribution in [0.2, 0.25) is 0 Å². The van der Waals surface area contributed by atoms with Gasteiger partial charge in [-0.25, -0.2) is 9.38 Å². The molecule has 0 aliphatic rings. The Morgan fingerprint density at radius 3 is 2.84 bits per heavy atom. The lowest BCUT2D eigenvalue weighted by Gasteiger charge is -2.17. The highest BCUT2D eigenvalue weighted by atomic mass is 127. The molecule has 0 amide bonds. The predicted octanol–water partition coefficient (Wildman–Crippen LogP) is 2.66. The van der Waals surface area contributed by atoms with Crippen molar-refractivity contribution in [1.82, 2.24) is 20.8 Å². The highest BCUT2D eigenvalue weighted by molar-refractivity contribution is 14.0. The zero-order valence-corrected chi connectivity index (χ0v) is 16.8. The average molecular weight is 463 g/mol. The summed E-state index contributed by atoms with van der Waals surface area (Å²) in [5.41, 5.74) is 0. The first-order valence-corrected chi connectivity index (χ1v) is 7.80. The van der Waals surface area contributed by atoms with Crippen molar-refractivity contribution < 1.29 is 13.7 Å². The van der Waals surface area contributed by atoms with Crippen LogP contribution in [0.1, 0.15) is 25.6 Å². The van der Waals surface area contributed by atoms with E-state index in [1.807, 2.05) is 13.8 Å². The summed E-state index contributed by atoms with van der Waals surface area (Å²) in [5.74, 6) is 1.82. The van der Waals surface area contributed by atoms with Crippen LogP contribution >= 0.6 is 24.0 Å². The number of nitrogens with one attached hydrogen (secondary N) is 2. The zero-order chi connectivity index (χ0) is 17.4. The molecule has 1 heterocycles. The number of aryl methyl sites for hydroxylation is 1. The molecule has 0 fully saturated rings. The number of aliphatic imine (C=N–C) groups is 1. The number of hydrogen-bond donors (Lipinski definition) is 2. The van der Waals surface area contributed by atoms with Crippen LogP contribution in [0.5, 0.6) is 5.75 Å². The van der Waals surface area contributed by atoms with Gasteiger partial charge in [-0.05, 0) is 32.9 Å². The minimum Gasteiger partial charge on any atom is -0.489 e. The Morgan fingerprint density at radius 1 is 1.40 bits per heavy atom. The van der Waals surface area contributed by atoms with Crippen molar-refractivity contribution in [2.45, 2.75) is 33.4 Å². The summed E-state index contributed by atoms with van der Waals surface area (Å²) in [6.45, 7) is 7.13. The van der Waals surface area contributed by atoms with Gasteiger partial charge >= 0.3 is 0 Å². The fourth-order valence-corrected chi connectivity index (χ4v) is 1.95. The monoisotopic (exact) mass is 463 g/mol. The number of guanidine groups is 1. The Hall–Kier alpha value is -1.91.